The number of halogens is 1. The molecule has 3 aromatic rings. The number of amides is 1. The third kappa shape index (κ3) is 4.90. The molecule has 0 bridgehead atoms. The monoisotopic (exact) mass is 431 g/mol. The van der Waals surface area contributed by atoms with Gasteiger partial charge in [0.05, 0.1) is 10.6 Å². The van der Waals surface area contributed by atoms with Crippen LogP contribution in [0.25, 0.3) is 11.3 Å². The lowest BCUT2D eigenvalue weighted by molar-refractivity contribution is -0.384. The molecule has 0 unspecified atom stereocenters. The molecule has 3 rings (SSSR count). The van der Waals surface area contributed by atoms with Crippen LogP contribution in [0.15, 0.2) is 41.8 Å². The van der Waals surface area contributed by atoms with Crippen molar-refractivity contribution in [1.82, 2.24) is 4.98 Å². The lowest BCUT2D eigenvalue weighted by Gasteiger charge is -2.15. The molecule has 0 aliphatic rings. The molecule has 0 radical (unpaired) electrons. The zero-order chi connectivity index (χ0) is 21.1. The molecule has 0 saturated heterocycles. The van der Waals surface area contributed by atoms with E-state index in [1.54, 1.807) is 36.6 Å². The second-order valence-electron chi connectivity index (χ2n) is 6.46. The predicted octanol–water partition coefficient (Wildman–Crippen LogP) is 5.39. The van der Waals surface area contributed by atoms with Crippen molar-refractivity contribution in [2.75, 3.05) is 5.32 Å². The fourth-order valence-electron chi connectivity index (χ4n) is 2.66. The van der Waals surface area contributed by atoms with E-state index in [0.717, 1.165) is 16.7 Å². The molecule has 1 atom stereocenters. The Morgan fingerprint density at radius 2 is 1.86 bits per heavy atom. The average molecular weight is 432 g/mol. The predicted molar refractivity (Wildman–Crippen MR) is 114 cm³/mol. The number of hydrogen-bond acceptors (Lipinski definition) is 6. The van der Waals surface area contributed by atoms with Gasteiger partial charge in [0.1, 0.15) is 5.75 Å². The second kappa shape index (κ2) is 8.59. The van der Waals surface area contributed by atoms with Gasteiger partial charge in [0.15, 0.2) is 11.2 Å². The van der Waals surface area contributed by atoms with Crippen LogP contribution in [-0.4, -0.2) is 21.9 Å². The van der Waals surface area contributed by atoms with Crippen LogP contribution in [0.5, 0.6) is 5.75 Å². The van der Waals surface area contributed by atoms with Crippen molar-refractivity contribution < 1.29 is 14.5 Å². The molecule has 0 fully saturated rings. The second-order valence-corrected chi connectivity index (χ2v) is 7.70. The fourth-order valence-corrected chi connectivity index (χ4v) is 3.49. The van der Waals surface area contributed by atoms with Gasteiger partial charge in [-0.1, -0.05) is 11.6 Å². The number of hydrogen-bond donors (Lipinski definition) is 1. The minimum Gasteiger partial charge on any atom is -0.481 e. The number of rotatable bonds is 6. The number of carbonyl (C=O) groups excluding carboxylic acids is 1. The van der Waals surface area contributed by atoms with Crippen LogP contribution in [0.3, 0.4) is 0 Å². The number of thiazole rings is 1. The molecule has 1 heterocycles. The van der Waals surface area contributed by atoms with E-state index in [1.807, 2.05) is 13.8 Å². The Kier molecular flexibility index (Phi) is 6.14. The van der Waals surface area contributed by atoms with Crippen LogP contribution in [-0.2, 0) is 4.79 Å². The number of nitrogens with one attached hydrogen (secondary N) is 1. The van der Waals surface area contributed by atoms with Crippen molar-refractivity contribution in [2.24, 2.45) is 0 Å². The number of anilines is 1. The molecule has 1 amide bonds. The van der Waals surface area contributed by atoms with Crippen LogP contribution < -0.4 is 10.1 Å². The number of aromatic nitrogens is 1. The number of ether oxygens (including phenoxy) is 1. The summed E-state index contributed by atoms with van der Waals surface area (Å²) in [6, 6.07) is 9.65. The highest BCUT2D eigenvalue weighted by atomic mass is 35.5. The summed E-state index contributed by atoms with van der Waals surface area (Å²) in [5.74, 6) is 0.234. The molecule has 1 N–H and O–H groups in total. The zero-order valence-corrected chi connectivity index (χ0v) is 17.5. The number of benzene rings is 2. The van der Waals surface area contributed by atoms with E-state index in [0.29, 0.717) is 21.6 Å². The number of nitrogens with zero attached hydrogens (tertiary/aromatic N) is 2. The Hall–Kier alpha value is -2.97. The van der Waals surface area contributed by atoms with Gasteiger partial charge < -0.3 is 4.74 Å². The smallest absolute Gasteiger partial charge is 0.269 e. The number of nitro benzene ring substituents is 1. The maximum absolute atomic E-state index is 12.4. The van der Waals surface area contributed by atoms with Crippen LogP contribution in [0.4, 0.5) is 10.8 Å². The van der Waals surface area contributed by atoms with Crippen molar-refractivity contribution in [2.45, 2.75) is 26.9 Å². The quantitative estimate of drug-likeness (QED) is 0.416. The molecule has 29 heavy (non-hydrogen) atoms. The minimum atomic E-state index is -0.735. The third-order valence-electron chi connectivity index (χ3n) is 4.20. The Morgan fingerprint density at radius 1 is 1.24 bits per heavy atom. The summed E-state index contributed by atoms with van der Waals surface area (Å²) in [5, 5.41) is 16.3. The van der Waals surface area contributed by atoms with Crippen molar-refractivity contribution in [3.63, 3.8) is 0 Å². The number of aryl methyl sites for hydroxylation is 2. The molecule has 9 heteroatoms. The molecule has 0 saturated carbocycles. The van der Waals surface area contributed by atoms with Gasteiger partial charge in [0, 0.05) is 28.1 Å². The van der Waals surface area contributed by atoms with Gasteiger partial charge in [0.2, 0.25) is 0 Å². The lowest BCUT2D eigenvalue weighted by Crippen LogP contribution is -2.30. The third-order valence-corrected chi connectivity index (χ3v) is 5.55. The van der Waals surface area contributed by atoms with Crippen molar-refractivity contribution in [3.05, 3.63) is 68.0 Å². The van der Waals surface area contributed by atoms with Crippen LogP contribution in [0.1, 0.15) is 18.1 Å². The molecular formula is C20H18ClN3O4S. The van der Waals surface area contributed by atoms with Crippen molar-refractivity contribution in [3.8, 4) is 17.0 Å². The average Bonchev–Trinajstić information content (AvgIpc) is 3.14. The standard InChI is InChI=1S/C20H18ClN3O4S/c1-11-8-16(9-12(2)18(11)21)28-13(3)19(25)23-20-22-17(10-29-20)14-4-6-15(7-5-14)24(26)27/h4-10,13H,1-3H3,(H,22,23,25)/t13-/m1/s1. The van der Waals surface area contributed by atoms with Gasteiger partial charge in [-0.3, -0.25) is 20.2 Å². The van der Waals surface area contributed by atoms with Crippen LogP contribution >= 0.6 is 22.9 Å². The Labute approximate surface area is 176 Å². The summed E-state index contributed by atoms with van der Waals surface area (Å²) in [6.07, 6.45) is -0.735. The van der Waals surface area contributed by atoms with Gasteiger partial charge in [0.25, 0.3) is 11.6 Å². The Morgan fingerprint density at radius 3 is 2.45 bits per heavy atom. The number of carbonyl (C=O) groups is 1. The lowest BCUT2D eigenvalue weighted by atomic mass is 10.1. The first-order valence-electron chi connectivity index (χ1n) is 8.69. The first-order chi connectivity index (χ1) is 13.7. The fraction of sp³-hybridized carbons (Fsp3) is 0.200. The number of non-ortho nitro benzene ring substituents is 1. The summed E-state index contributed by atoms with van der Waals surface area (Å²) in [4.78, 5) is 27.1. The topological polar surface area (TPSA) is 94.4 Å². The Bertz CT molecular complexity index is 1040. The summed E-state index contributed by atoms with van der Waals surface area (Å²) >= 11 is 7.42. The van der Waals surface area contributed by atoms with Gasteiger partial charge >= 0.3 is 0 Å². The van der Waals surface area contributed by atoms with E-state index in [-0.39, 0.29) is 11.6 Å². The Balaban J connectivity index is 1.65. The van der Waals surface area contributed by atoms with E-state index in [9.17, 15) is 14.9 Å². The summed E-state index contributed by atoms with van der Waals surface area (Å²) in [5.41, 5.74) is 3.11. The summed E-state index contributed by atoms with van der Waals surface area (Å²) in [6.45, 7) is 5.41. The summed E-state index contributed by atoms with van der Waals surface area (Å²) in [7, 11) is 0. The highest BCUT2D eigenvalue weighted by Crippen LogP contribution is 2.28. The summed E-state index contributed by atoms with van der Waals surface area (Å²) < 4.78 is 5.73. The van der Waals surface area contributed by atoms with E-state index in [4.69, 9.17) is 16.3 Å². The van der Waals surface area contributed by atoms with Gasteiger partial charge in [-0.25, -0.2) is 4.98 Å². The SMILES string of the molecule is Cc1cc(O[C@H](C)C(=O)Nc2nc(-c3ccc([N+](=O)[O-])cc3)cs2)cc(C)c1Cl. The van der Waals surface area contributed by atoms with Crippen molar-refractivity contribution >= 4 is 39.7 Å². The first kappa shape index (κ1) is 20.8. The van der Waals surface area contributed by atoms with Crippen LogP contribution in [0.2, 0.25) is 5.02 Å². The molecule has 0 aliphatic heterocycles. The molecule has 2 aromatic carbocycles. The molecule has 0 spiro atoms. The highest BCUT2D eigenvalue weighted by molar-refractivity contribution is 7.14. The normalized spacial score (nSPS) is 11.7. The number of nitro groups is 1. The van der Waals surface area contributed by atoms with Crippen LogP contribution in [0, 0.1) is 24.0 Å². The first-order valence-corrected chi connectivity index (χ1v) is 9.95. The zero-order valence-electron chi connectivity index (χ0n) is 15.9. The maximum atomic E-state index is 12.4. The molecular weight excluding hydrogens is 414 g/mol. The van der Waals surface area contributed by atoms with Gasteiger partial charge in [-0.05, 0) is 56.2 Å². The molecule has 0 aliphatic carbocycles. The molecule has 7 nitrogen and oxygen atoms in total. The van der Waals surface area contributed by atoms with E-state index in [1.165, 1.54) is 23.5 Å². The largest absolute Gasteiger partial charge is 0.481 e. The minimum absolute atomic E-state index is 0.0103. The molecule has 150 valence electrons. The van der Waals surface area contributed by atoms with E-state index >= 15 is 0 Å². The maximum Gasteiger partial charge on any atom is 0.269 e. The highest BCUT2D eigenvalue weighted by Gasteiger charge is 2.18. The molecule has 1 aromatic heterocycles. The van der Waals surface area contributed by atoms with E-state index in [2.05, 4.69) is 10.3 Å². The van der Waals surface area contributed by atoms with E-state index < -0.39 is 11.0 Å². The van der Waals surface area contributed by atoms with Gasteiger partial charge in [-0.2, -0.15) is 0 Å². The van der Waals surface area contributed by atoms with Gasteiger partial charge in [-0.15, -0.1) is 11.3 Å². The van der Waals surface area contributed by atoms with Crippen molar-refractivity contribution in [1.29, 1.82) is 0 Å².